The number of hydrogen-bond acceptors (Lipinski definition) is 3. The van der Waals surface area contributed by atoms with Crippen molar-refractivity contribution in [3.8, 4) is 0 Å². The van der Waals surface area contributed by atoms with E-state index in [4.69, 9.17) is 0 Å². The number of hydrogen-bond donors (Lipinski definition) is 0. The Morgan fingerprint density at radius 3 is 1.62 bits per heavy atom. The second-order valence-electron chi connectivity index (χ2n) is 2.32. The van der Waals surface area contributed by atoms with Gasteiger partial charge in [0, 0.05) is 24.8 Å². The summed E-state index contributed by atoms with van der Waals surface area (Å²) in [6.07, 6.45) is 6.95. The van der Waals surface area contributed by atoms with Crippen LogP contribution < -0.4 is 0 Å². The summed E-state index contributed by atoms with van der Waals surface area (Å²) in [7, 11) is 0. The number of aromatic nitrogens is 3. The first-order valence-corrected chi connectivity index (χ1v) is 3.98. The van der Waals surface area contributed by atoms with Gasteiger partial charge in [-0.25, -0.2) is 9.97 Å². The van der Waals surface area contributed by atoms with Gasteiger partial charge in [-0.2, -0.15) is 0 Å². The molecule has 13 heavy (non-hydrogen) atoms. The normalized spacial score (nSPS) is 8.38. The van der Waals surface area contributed by atoms with Crippen molar-refractivity contribution in [3.05, 3.63) is 54.9 Å². The smallest absolute Gasteiger partial charge is 0.125 e. The van der Waals surface area contributed by atoms with Crippen LogP contribution in [-0.2, 0) is 0 Å². The minimum Gasteiger partial charge on any atom is -0.265 e. The molecule has 0 radical (unpaired) electrons. The number of nitrogens with zero attached hydrogens (tertiary/aromatic N) is 3. The van der Waals surface area contributed by atoms with Crippen LogP contribution in [0.25, 0.3) is 0 Å². The minimum atomic E-state index is 0.822. The number of rotatable bonds is 0. The van der Waals surface area contributed by atoms with Gasteiger partial charge in [0.25, 0.3) is 0 Å². The van der Waals surface area contributed by atoms with Gasteiger partial charge in [0.15, 0.2) is 0 Å². The van der Waals surface area contributed by atoms with Gasteiger partial charge in [-0.05, 0) is 25.1 Å². The van der Waals surface area contributed by atoms with Gasteiger partial charge in [-0.15, -0.1) is 0 Å². The lowest BCUT2D eigenvalue weighted by molar-refractivity contribution is 1.05. The van der Waals surface area contributed by atoms with E-state index < -0.39 is 0 Å². The monoisotopic (exact) mass is 173 g/mol. The molecule has 2 heterocycles. The van der Waals surface area contributed by atoms with Crippen molar-refractivity contribution in [1.29, 1.82) is 0 Å². The third-order valence-electron chi connectivity index (χ3n) is 1.26. The van der Waals surface area contributed by atoms with E-state index >= 15 is 0 Å². The Morgan fingerprint density at radius 2 is 1.38 bits per heavy atom. The molecule has 0 atom stereocenters. The third kappa shape index (κ3) is 4.63. The molecule has 0 bridgehead atoms. The SMILES string of the molecule is Cc1ncccn1.c1ccncc1. The molecule has 2 aromatic heterocycles. The second-order valence-corrected chi connectivity index (χ2v) is 2.32. The molecule has 0 fully saturated rings. The molecule has 0 aromatic carbocycles. The molecule has 2 aromatic rings. The van der Waals surface area contributed by atoms with E-state index in [9.17, 15) is 0 Å². The van der Waals surface area contributed by atoms with Crippen LogP contribution in [0.4, 0.5) is 0 Å². The van der Waals surface area contributed by atoms with E-state index in [1.165, 1.54) is 0 Å². The molecule has 3 heteroatoms. The van der Waals surface area contributed by atoms with E-state index in [-0.39, 0.29) is 0 Å². The van der Waals surface area contributed by atoms with Gasteiger partial charge in [-0.3, -0.25) is 4.98 Å². The molecular weight excluding hydrogens is 162 g/mol. The molecule has 0 aliphatic rings. The van der Waals surface area contributed by atoms with Crippen molar-refractivity contribution in [2.75, 3.05) is 0 Å². The zero-order valence-electron chi connectivity index (χ0n) is 7.46. The minimum absolute atomic E-state index is 0.822. The first-order valence-electron chi connectivity index (χ1n) is 3.98. The fraction of sp³-hybridized carbons (Fsp3) is 0.100. The summed E-state index contributed by atoms with van der Waals surface area (Å²) in [4.78, 5) is 11.5. The highest BCUT2D eigenvalue weighted by Crippen LogP contribution is 1.78. The summed E-state index contributed by atoms with van der Waals surface area (Å²) >= 11 is 0. The molecule has 0 amide bonds. The summed E-state index contributed by atoms with van der Waals surface area (Å²) in [6, 6.07) is 7.51. The van der Waals surface area contributed by atoms with Crippen LogP contribution in [0, 0.1) is 6.92 Å². The van der Waals surface area contributed by atoms with Gasteiger partial charge in [0.2, 0.25) is 0 Å². The molecule has 0 saturated carbocycles. The lowest BCUT2D eigenvalue weighted by Gasteiger charge is -1.81. The molecule has 0 aliphatic heterocycles. The molecular formula is C10H11N3. The Kier molecular flexibility index (Phi) is 4.18. The maximum Gasteiger partial charge on any atom is 0.125 e. The highest BCUT2D eigenvalue weighted by molar-refractivity contribution is 4.88. The lowest BCUT2D eigenvalue weighted by atomic mass is 10.5. The lowest BCUT2D eigenvalue weighted by Crippen LogP contribution is -1.80. The van der Waals surface area contributed by atoms with Gasteiger partial charge in [0.1, 0.15) is 5.82 Å². The largest absolute Gasteiger partial charge is 0.265 e. The maximum absolute atomic E-state index is 3.87. The second kappa shape index (κ2) is 5.83. The first kappa shape index (κ1) is 9.32. The van der Waals surface area contributed by atoms with E-state index in [1.54, 1.807) is 30.9 Å². The molecule has 2 rings (SSSR count). The van der Waals surface area contributed by atoms with E-state index in [0.717, 1.165) is 5.82 Å². The first-order chi connectivity index (χ1) is 6.39. The third-order valence-corrected chi connectivity index (χ3v) is 1.26. The predicted octanol–water partition coefficient (Wildman–Crippen LogP) is 1.87. The standard InChI is InChI=1S/C5H6N2.C5H5N/c1-5-6-3-2-4-7-5;1-2-4-6-5-3-1/h2-4H,1H3;1-5H. The molecule has 0 unspecified atom stereocenters. The summed E-state index contributed by atoms with van der Waals surface area (Å²) in [5, 5.41) is 0. The van der Waals surface area contributed by atoms with Crippen LogP contribution in [0.2, 0.25) is 0 Å². The van der Waals surface area contributed by atoms with Crippen LogP contribution in [0.1, 0.15) is 5.82 Å². The quantitative estimate of drug-likeness (QED) is 0.610. The molecule has 0 N–H and O–H groups in total. The zero-order valence-corrected chi connectivity index (χ0v) is 7.46. The molecule has 66 valence electrons. The Morgan fingerprint density at radius 1 is 0.769 bits per heavy atom. The van der Waals surface area contributed by atoms with E-state index in [0.29, 0.717) is 0 Å². The Labute approximate surface area is 77.5 Å². The summed E-state index contributed by atoms with van der Waals surface area (Å²) in [6.45, 7) is 1.86. The van der Waals surface area contributed by atoms with Gasteiger partial charge in [-0.1, -0.05) is 6.07 Å². The highest BCUT2D eigenvalue weighted by atomic mass is 14.8. The fourth-order valence-electron chi connectivity index (χ4n) is 0.686. The number of aryl methyl sites for hydroxylation is 1. The van der Waals surface area contributed by atoms with Crippen molar-refractivity contribution in [2.45, 2.75) is 6.92 Å². The van der Waals surface area contributed by atoms with Crippen LogP contribution >= 0.6 is 0 Å². The van der Waals surface area contributed by atoms with Crippen LogP contribution in [0.5, 0.6) is 0 Å². The average Bonchev–Trinajstić information content (AvgIpc) is 2.22. The molecule has 3 nitrogen and oxygen atoms in total. The van der Waals surface area contributed by atoms with E-state index in [1.807, 2.05) is 25.1 Å². The Hall–Kier alpha value is -1.77. The van der Waals surface area contributed by atoms with Crippen LogP contribution in [0.15, 0.2) is 49.1 Å². The number of pyridine rings is 1. The van der Waals surface area contributed by atoms with Crippen molar-refractivity contribution in [2.24, 2.45) is 0 Å². The zero-order chi connectivity index (χ0) is 9.36. The Bertz CT molecular complexity index is 281. The van der Waals surface area contributed by atoms with Crippen molar-refractivity contribution < 1.29 is 0 Å². The van der Waals surface area contributed by atoms with Gasteiger partial charge in [0.05, 0.1) is 0 Å². The van der Waals surface area contributed by atoms with Gasteiger partial charge >= 0.3 is 0 Å². The van der Waals surface area contributed by atoms with Crippen molar-refractivity contribution in [1.82, 2.24) is 15.0 Å². The summed E-state index contributed by atoms with van der Waals surface area (Å²) in [5.74, 6) is 0.822. The average molecular weight is 173 g/mol. The maximum atomic E-state index is 3.87. The predicted molar refractivity (Wildman–Crippen MR) is 51.0 cm³/mol. The summed E-state index contributed by atoms with van der Waals surface area (Å²) in [5.41, 5.74) is 0. The van der Waals surface area contributed by atoms with E-state index in [2.05, 4.69) is 15.0 Å². The van der Waals surface area contributed by atoms with Crippen molar-refractivity contribution >= 4 is 0 Å². The van der Waals surface area contributed by atoms with Crippen LogP contribution in [0.3, 0.4) is 0 Å². The molecule has 0 saturated heterocycles. The topological polar surface area (TPSA) is 38.7 Å². The Balaban J connectivity index is 0.000000132. The van der Waals surface area contributed by atoms with Crippen LogP contribution in [-0.4, -0.2) is 15.0 Å². The fourth-order valence-corrected chi connectivity index (χ4v) is 0.686. The van der Waals surface area contributed by atoms with Gasteiger partial charge < -0.3 is 0 Å². The summed E-state index contributed by atoms with van der Waals surface area (Å²) < 4.78 is 0. The highest BCUT2D eigenvalue weighted by Gasteiger charge is 1.74. The molecule has 0 spiro atoms. The molecule has 0 aliphatic carbocycles. The van der Waals surface area contributed by atoms with Crippen molar-refractivity contribution in [3.63, 3.8) is 0 Å².